The average Bonchev–Trinajstić information content (AvgIpc) is 2.38. The van der Waals surface area contributed by atoms with Gasteiger partial charge in [-0.3, -0.25) is 9.89 Å². The Bertz CT molecular complexity index is 326. The SMILES string of the molecule is CCNC(=NCC(C)(C)CN(C)C)NCCN(C(C)C)C(C)C. The standard InChI is InChI=1S/C18H41N5/c1-10-19-17(21-13-18(6,7)14-22(8)9)20-11-12-23(15(2)3)16(4)5/h15-16H,10-14H2,1-9H3,(H2,19,20,21). The van der Waals surface area contributed by atoms with E-state index in [1.54, 1.807) is 0 Å². The third kappa shape index (κ3) is 10.6. The molecule has 0 saturated heterocycles. The normalized spacial score (nSPS) is 13.5. The molecule has 0 fully saturated rings. The highest BCUT2D eigenvalue weighted by molar-refractivity contribution is 5.79. The van der Waals surface area contributed by atoms with E-state index in [1.807, 2.05) is 0 Å². The van der Waals surface area contributed by atoms with Crippen LogP contribution in [0, 0.1) is 5.41 Å². The van der Waals surface area contributed by atoms with Gasteiger partial charge in [-0.15, -0.1) is 0 Å². The van der Waals surface area contributed by atoms with Crippen LogP contribution in [0.2, 0.25) is 0 Å². The fraction of sp³-hybridized carbons (Fsp3) is 0.944. The monoisotopic (exact) mass is 327 g/mol. The van der Waals surface area contributed by atoms with Crippen LogP contribution < -0.4 is 10.6 Å². The van der Waals surface area contributed by atoms with Gasteiger partial charge in [0.15, 0.2) is 5.96 Å². The maximum atomic E-state index is 4.77. The summed E-state index contributed by atoms with van der Waals surface area (Å²) in [5, 5.41) is 6.82. The summed E-state index contributed by atoms with van der Waals surface area (Å²) in [6.45, 7) is 20.3. The Labute approximate surface area is 144 Å². The Morgan fingerprint density at radius 1 is 1.04 bits per heavy atom. The van der Waals surface area contributed by atoms with Crippen LogP contribution in [0.15, 0.2) is 4.99 Å². The molecule has 0 aliphatic carbocycles. The van der Waals surface area contributed by atoms with Gasteiger partial charge in [-0.1, -0.05) is 13.8 Å². The first-order chi connectivity index (χ1) is 10.6. The first-order valence-electron chi connectivity index (χ1n) is 9.01. The molecule has 0 aliphatic heterocycles. The minimum absolute atomic E-state index is 0.174. The molecule has 138 valence electrons. The molecular formula is C18H41N5. The second kappa shape index (κ2) is 10.9. The van der Waals surface area contributed by atoms with Crippen LogP contribution in [0.25, 0.3) is 0 Å². The molecule has 0 atom stereocenters. The van der Waals surface area contributed by atoms with Crippen molar-refractivity contribution in [2.45, 2.75) is 60.5 Å². The minimum atomic E-state index is 0.174. The number of rotatable bonds is 10. The van der Waals surface area contributed by atoms with Crippen LogP contribution >= 0.6 is 0 Å². The van der Waals surface area contributed by atoms with Gasteiger partial charge in [0.2, 0.25) is 0 Å². The van der Waals surface area contributed by atoms with Crippen molar-refractivity contribution in [3.05, 3.63) is 0 Å². The van der Waals surface area contributed by atoms with Crippen LogP contribution in [0.4, 0.5) is 0 Å². The van der Waals surface area contributed by atoms with Gasteiger partial charge in [0.25, 0.3) is 0 Å². The van der Waals surface area contributed by atoms with Crippen molar-refractivity contribution in [1.29, 1.82) is 0 Å². The summed E-state index contributed by atoms with van der Waals surface area (Å²) in [6.07, 6.45) is 0. The van der Waals surface area contributed by atoms with Crippen molar-refractivity contribution in [3.8, 4) is 0 Å². The molecule has 0 aromatic carbocycles. The van der Waals surface area contributed by atoms with Gasteiger partial charge < -0.3 is 15.5 Å². The van der Waals surface area contributed by atoms with E-state index in [4.69, 9.17) is 4.99 Å². The van der Waals surface area contributed by atoms with Gasteiger partial charge in [0.05, 0.1) is 0 Å². The fourth-order valence-electron chi connectivity index (χ4n) is 2.96. The number of guanidine groups is 1. The summed E-state index contributed by atoms with van der Waals surface area (Å²) in [7, 11) is 4.22. The quantitative estimate of drug-likeness (QED) is 0.477. The second-order valence-corrected chi connectivity index (χ2v) is 7.95. The van der Waals surface area contributed by atoms with E-state index in [0.29, 0.717) is 12.1 Å². The van der Waals surface area contributed by atoms with Crippen molar-refractivity contribution in [2.24, 2.45) is 10.4 Å². The molecule has 0 rings (SSSR count). The number of aliphatic imine (C=N–C) groups is 1. The molecular weight excluding hydrogens is 286 g/mol. The van der Waals surface area contributed by atoms with Crippen LogP contribution in [-0.2, 0) is 0 Å². The molecule has 2 N–H and O–H groups in total. The molecule has 5 nitrogen and oxygen atoms in total. The van der Waals surface area contributed by atoms with E-state index in [9.17, 15) is 0 Å². The molecule has 0 spiro atoms. The predicted octanol–water partition coefficient (Wildman–Crippen LogP) is 2.25. The predicted molar refractivity (Wildman–Crippen MR) is 103 cm³/mol. The smallest absolute Gasteiger partial charge is 0.191 e. The van der Waals surface area contributed by atoms with Crippen molar-refractivity contribution in [1.82, 2.24) is 20.4 Å². The molecule has 0 heterocycles. The van der Waals surface area contributed by atoms with Crippen LogP contribution in [0.5, 0.6) is 0 Å². The van der Waals surface area contributed by atoms with E-state index in [-0.39, 0.29) is 5.41 Å². The van der Waals surface area contributed by atoms with Crippen LogP contribution in [-0.4, -0.2) is 74.7 Å². The van der Waals surface area contributed by atoms with E-state index in [1.165, 1.54) is 0 Å². The summed E-state index contributed by atoms with van der Waals surface area (Å²) in [5.41, 5.74) is 0.174. The molecule has 0 amide bonds. The van der Waals surface area contributed by atoms with E-state index in [2.05, 4.69) is 83.0 Å². The second-order valence-electron chi connectivity index (χ2n) is 7.95. The van der Waals surface area contributed by atoms with E-state index >= 15 is 0 Å². The molecule has 0 bridgehead atoms. The Morgan fingerprint density at radius 3 is 2.04 bits per heavy atom. The molecule has 23 heavy (non-hydrogen) atoms. The topological polar surface area (TPSA) is 42.9 Å². The minimum Gasteiger partial charge on any atom is -0.357 e. The Kier molecular flexibility index (Phi) is 10.5. The zero-order valence-electron chi connectivity index (χ0n) is 17.0. The summed E-state index contributed by atoms with van der Waals surface area (Å²) in [5.74, 6) is 0.923. The number of hydrogen-bond acceptors (Lipinski definition) is 3. The molecule has 0 saturated carbocycles. The maximum Gasteiger partial charge on any atom is 0.191 e. The van der Waals surface area contributed by atoms with Crippen LogP contribution in [0.3, 0.4) is 0 Å². The summed E-state index contributed by atoms with van der Waals surface area (Å²) in [4.78, 5) is 9.49. The van der Waals surface area contributed by atoms with Gasteiger partial charge in [0.1, 0.15) is 0 Å². The fourth-order valence-corrected chi connectivity index (χ4v) is 2.96. The number of nitrogens with one attached hydrogen (secondary N) is 2. The van der Waals surface area contributed by atoms with Crippen molar-refractivity contribution in [2.75, 3.05) is 46.8 Å². The Hall–Kier alpha value is -0.810. The Morgan fingerprint density at radius 2 is 1.61 bits per heavy atom. The lowest BCUT2D eigenvalue weighted by atomic mass is 9.93. The molecule has 0 aromatic rings. The molecule has 0 unspecified atom stereocenters. The van der Waals surface area contributed by atoms with E-state index in [0.717, 1.165) is 38.7 Å². The lowest BCUT2D eigenvalue weighted by Gasteiger charge is -2.31. The molecule has 0 aromatic heterocycles. The first-order valence-corrected chi connectivity index (χ1v) is 9.01. The van der Waals surface area contributed by atoms with Gasteiger partial charge in [-0.2, -0.15) is 0 Å². The maximum absolute atomic E-state index is 4.77. The zero-order chi connectivity index (χ0) is 18.0. The van der Waals surface area contributed by atoms with Gasteiger partial charge in [0, 0.05) is 44.8 Å². The largest absolute Gasteiger partial charge is 0.357 e. The molecule has 0 radical (unpaired) electrons. The number of nitrogens with zero attached hydrogens (tertiary/aromatic N) is 3. The third-order valence-electron chi connectivity index (χ3n) is 3.74. The van der Waals surface area contributed by atoms with Crippen molar-refractivity contribution in [3.63, 3.8) is 0 Å². The lowest BCUT2D eigenvalue weighted by molar-refractivity contribution is 0.178. The first kappa shape index (κ1) is 22.2. The van der Waals surface area contributed by atoms with Gasteiger partial charge in [-0.05, 0) is 54.1 Å². The highest BCUT2D eigenvalue weighted by Gasteiger charge is 2.18. The lowest BCUT2D eigenvalue weighted by Crippen LogP contribution is -2.45. The van der Waals surface area contributed by atoms with Gasteiger partial charge in [-0.25, -0.2) is 0 Å². The highest BCUT2D eigenvalue weighted by atomic mass is 15.2. The average molecular weight is 328 g/mol. The number of hydrogen-bond donors (Lipinski definition) is 2. The van der Waals surface area contributed by atoms with E-state index < -0.39 is 0 Å². The van der Waals surface area contributed by atoms with Crippen LogP contribution in [0.1, 0.15) is 48.5 Å². The summed E-state index contributed by atoms with van der Waals surface area (Å²) >= 11 is 0. The van der Waals surface area contributed by atoms with Gasteiger partial charge >= 0.3 is 0 Å². The summed E-state index contributed by atoms with van der Waals surface area (Å²) in [6, 6.07) is 1.13. The molecule has 0 aliphatic rings. The van der Waals surface area contributed by atoms with Crippen molar-refractivity contribution >= 4 is 5.96 Å². The third-order valence-corrected chi connectivity index (χ3v) is 3.74. The van der Waals surface area contributed by atoms with Crippen molar-refractivity contribution < 1.29 is 0 Å². The zero-order valence-corrected chi connectivity index (χ0v) is 17.0. The highest BCUT2D eigenvalue weighted by Crippen LogP contribution is 2.15. The Balaban J connectivity index is 4.53. The molecule has 5 heteroatoms. The summed E-state index contributed by atoms with van der Waals surface area (Å²) < 4.78 is 0.